The number of nitrogens with one attached hydrogen (secondary N) is 1. The second-order valence-corrected chi connectivity index (χ2v) is 4.60. The molecule has 2 amide bonds. The van der Waals surface area contributed by atoms with Crippen molar-refractivity contribution in [3.05, 3.63) is 23.8 Å². The molecule has 0 saturated heterocycles. The number of amides is 2. The average molecular weight is 248 g/mol. The molecule has 0 bridgehead atoms. The summed E-state index contributed by atoms with van der Waals surface area (Å²) in [6.07, 6.45) is 0.593. The molecular formula is C13H16N2O3. The highest BCUT2D eigenvalue weighted by molar-refractivity contribution is 5.96. The van der Waals surface area contributed by atoms with Crippen LogP contribution in [0.15, 0.2) is 18.2 Å². The molecule has 0 aromatic heterocycles. The van der Waals surface area contributed by atoms with E-state index in [1.165, 1.54) is 0 Å². The summed E-state index contributed by atoms with van der Waals surface area (Å²) >= 11 is 0. The second-order valence-electron chi connectivity index (χ2n) is 4.60. The molecule has 0 radical (unpaired) electrons. The molecule has 0 fully saturated rings. The molecule has 96 valence electrons. The normalized spacial score (nSPS) is 17.1. The lowest BCUT2D eigenvalue weighted by atomic mass is 9.79. The minimum atomic E-state index is -0.739. The lowest BCUT2D eigenvalue weighted by Crippen LogP contribution is -2.38. The van der Waals surface area contributed by atoms with E-state index >= 15 is 0 Å². The molecule has 1 aliphatic rings. The van der Waals surface area contributed by atoms with Crippen molar-refractivity contribution in [1.82, 2.24) is 0 Å². The molecule has 1 heterocycles. The first-order chi connectivity index (χ1) is 8.47. The second kappa shape index (κ2) is 4.33. The molecule has 1 aliphatic heterocycles. The summed E-state index contributed by atoms with van der Waals surface area (Å²) in [5.74, 6) is 0.0335. The molecule has 1 aromatic rings. The number of anilines is 1. The number of carbonyl (C=O) groups is 2. The lowest BCUT2D eigenvalue weighted by molar-refractivity contribution is -0.123. The minimum absolute atomic E-state index is 0.0210. The molecule has 0 saturated carbocycles. The number of carbonyl (C=O) groups excluding carboxylic acids is 2. The van der Waals surface area contributed by atoms with Gasteiger partial charge in [0.2, 0.25) is 5.91 Å². The monoisotopic (exact) mass is 248 g/mol. The largest absolute Gasteiger partial charge is 0.482 e. The zero-order chi connectivity index (χ0) is 13.3. The number of hydrogen-bond donors (Lipinski definition) is 2. The van der Waals surface area contributed by atoms with Crippen LogP contribution in [0.3, 0.4) is 0 Å². The first kappa shape index (κ1) is 12.4. The van der Waals surface area contributed by atoms with E-state index in [-0.39, 0.29) is 18.4 Å². The number of benzene rings is 1. The first-order valence-corrected chi connectivity index (χ1v) is 5.84. The van der Waals surface area contributed by atoms with Crippen molar-refractivity contribution in [3.63, 3.8) is 0 Å². The highest BCUT2D eigenvalue weighted by Gasteiger charge is 2.32. The van der Waals surface area contributed by atoms with Gasteiger partial charge < -0.3 is 15.8 Å². The van der Waals surface area contributed by atoms with Gasteiger partial charge in [0.1, 0.15) is 5.75 Å². The number of hydrogen-bond acceptors (Lipinski definition) is 3. The fourth-order valence-corrected chi connectivity index (χ4v) is 1.95. The highest BCUT2D eigenvalue weighted by Crippen LogP contribution is 2.34. The first-order valence-electron chi connectivity index (χ1n) is 5.84. The molecule has 0 aliphatic carbocycles. The van der Waals surface area contributed by atoms with Crippen LogP contribution < -0.4 is 15.8 Å². The maximum atomic E-state index is 11.6. The van der Waals surface area contributed by atoms with Gasteiger partial charge in [0.25, 0.3) is 5.91 Å². The summed E-state index contributed by atoms with van der Waals surface area (Å²) in [5.41, 5.74) is 6.09. The third-order valence-corrected chi connectivity index (χ3v) is 3.50. The Morgan fingerprint density at radius 2 is 2.28 bits per heavy atom. The van der Waals surface area contributed by atoms with Gasteiger partial charge in [-0.25, -0.2) is 0 Å². The van der Waals surface area contributed by atoms with Gasteiger partial charge in [-0.05, 0) is 31.0 Å². The van der Waals surface area contributed by atoms with E-state index in [0.717, 1.165) is 5.56 Å². The molecule has 3 N–H and O–H groups in total. The number of rotatable bonds is 3. The van der Waals surface area contributed by atoms with Crippen LogP contribution in [-0.2, 0) is 15.0 Å². The number of primary amides is 1. The van der Waals surface area contributed by atoms with Gasteiger partial charge in [0, 0.05) is 0 Å². The van der Waals surface area contributed by atoms with Crippen molar-refractivity contribution in [2.75, 3.05) is 11.9 Å². The third-order valence-electron chi connectivity index (χ3n) is 3.50. The van der Waals surface area contributed by atoms with Crippen molar-refractivity contribution >= 4 is 17.5 Å². The van der Waals surface area contributed by atoms with Gasteiger partial charge >= 0.3 is 0 Å². The van der Waals surface area contributed by atoms with Crippen LogP contribution in [0.25, 0.3) is 0 Å². The highest BCUT2D eigenvalue weighted by atomic mass is 16.5. The van der Waals surface area contributed by atoms with E-state index in [1.807, 2.05) is 13.0 Å². The van der Waals surface area contributed by atoms with E-state index in [4.69, 9.17) is 10.5 Å². The number of nitrogens with two attached hydrogens (primary N) is 1. The zero-order valence-electron chi connectivity index (χ0n) is 10.4. The summed E-state index contributed by atoms with van der Waals surface area (Å²) in [7, 11) is 0. The quantitative estimate of drug-likeness (QED) is 0.842. The molecule has 18 heavy (non-hydrogen) atoms. The van der Waals surface area contributed by atoms with Gasteiger partial charge in [-0.1, -0.05) is 13.0 Å². The van der Waals surface area contributed by atoms with Crippen molar-refractivity contribution in [3.8, 4) is 5.75 Å². The van der Waals surface area contributed by atoms with E-state index in [0.29, 0.717) is 17.9 Å². The molecule has 2 rings (SSSR count). The van der Waals surface area contributed by atoms with Gasteiger partial charge in [-0.3, -0.25) is 9.59 Å². The van der Waals surface area contributed by atoms with Crippen molar-refractivity contribution in [2.45, 2.75) is 25.7 Å². The Balaban J connectivity index is 2.45. The van der Waals surface area contributed by atoms with E-state index in [2.05, 4.69) is 5.32 Å². The van der Waals surface area contributed by atoms with Gasteiger partial charge in [0.15, 0.2) is 6.61 Å². The van der Waals surface area contributed by atoms with Gasteiger partial charge in [-0.15, -0.1) is 0 Å². The Kier molecular flexibility index (Phi) is 2.98. The molecule has 5 heteroatoms. The van der Waals surface area contributed by atoms with Gasteiger partial charge in [0.05, 0.1) is 11.1 Å². The standard InChI is InChI=1S/C13H16N2O3/c1-3-13(2,12(14)17)8-4-5-10-9(6-8)15-11(16)7-18-10/h4-6H,3,7H2,1-2H3,(H2,14,17)(H,15,16). The van der Waals surface area contributed by atoms with E-state index < -0.39 is 5.41 Å². The SMILES string of the molecule is CCC(C)(C(N)=O)c1ccc2c(c1)NC(=O)CO2. The Morgan fingerprint density at radius 3 is 2.89 bits per heavy atom. The van der Waals surface area contributed by atoms with E-state index in [1.54, 1.807) is 19.1 Å². The summed E-state index contributed by atoms with van der Waals surface area (Å²) < 4.78 is 5.27. The molecule has 1 aromatic carbocycles. The molecule has 0 spiro atoms. The molecule has 1 atom stereocenters. The fourth-order valence-electron chi connectivity index (χ4n) is 1.95. The Bertz CT molecular complexity index is 513. The summed E-state index contributed by atoms with van der Waals surface area (Å²) in [6.45, 7) is 3.72. The predicted octanol–water partition coefficient (Wildman–Crippen LogP) is 1.17. The Labute approximate surface area is 105 Å². The van der Waals surface area contributed by atoms with Crippen LogP contribution in [-0.4, -0.2) is 18.4 Å². The molecule has 1 unspecified atom stereocenters. The van der Waals surface area contributed by atoms with Gasteiger partial charge in [-0.2, -0.15) is 0 Å². The molecular weight excluding hydrogens is 232 g/mol. The zero-order valence-corrected chi connectivity index (χ0v) is 10.4. The minimum Gasteiger partial charge on any atom is -0.482 e. The lowest BCUT2D eigenvalue weighted by Gasteiger charge is -2.27. The summed E-state index contributed by atoms with van der Waals surface area (Å²) in [6, 6.07) is 5.31. The van der Waals surface area contributed by atoms with E-state index in [9.17, 15) is 9.59 Å². The summed E-state index contributed by atoms with van der Waals surface area (Å²) in [5, 5.41) is 2.72. The van der Waals surface area contributed by atoms with Crippen LogP contribution in [0.2, 0.25) is 0 Å². The fraction of sp³-hybridized carbons (Fsp3) is 0.385. The smallest absolute Gasteiger partial charge is 0.262 e. The Hall–Kier alpha value is -2.04. The maximum Gasteiger partial charge on any atom is 0.262 e. The Morgan fingerprint density at radius 1 is 1.56 bits per heavy atom. The third kappa shape index (κ3) is 1.92. The number of ether oxygens (including phenoxy) is 1. The van der Waals surface area contributed by atoms with Crippen LogP contribution in [0.4, 0.5) is 5.69 Å². The summed E-state index contributed by atoms with van der Waals surface area (Å²) in [4.78, 5) is 22.9. The van der Waals surface area contributed by atoms with Crippen molar-refractivity contribution in [1.29, 1.82) is 0 Å². The molecule has 5 nitrogen and oxygen atoms in total. The van der Waals surface area contributed by atoms with Crippen LogP contribution >= 0.6 is 0 Å². The van der Waals surface area contributed by atoms with Crippen LogP contribution in [0.5, 0.6) is 5.75 Å². The topological polar surface area (TPSA) is 81.4 Å². The van der Waals surface area contributed by atoms with Crippen molar-refractivity contribution < 1.29 is 14.3 Å². The van der Waals surface area contributed by atoms with Crippen molar-refractivity contribution in [2.24, 2.45) is 5.73 Å². The van der Waals surface area contributed by atoms with Crippen LogP contribution in [0.1, 0.15) is 25.8 Å². The predicted molar refractivity (Wildman–Crippen MR) is 67.4 cm³/mol. The number of fused-ring (bicyclic) bond motifs is 1. The maximum absolute atomic E-state index is 11.6. The average Bonchev–Trinajstić information content (AvgIpc) is 2.36. The van der Waals surface area contributed by atoms with Crippen LogP contribution in [0, 0.1) is 0 Å².